The van der Waals surface area contributed by atoms with Gasteiger partial charge in [-0.1, -0.05) is 18.2 Å². The highest BCUT2D eigenvalue weighted by Gasteiger charge is 2.10. The summed E-state index contributed by atoms with van der Waals surface area (Å²) in [5.41, 5.74) is 0.938. The van der Waals surface area contributed by atoms with Crippen LogP contribution in [0.2, 0.25) is 0 Å². The molecule has 7 heteroatoms. The Hall–Kier alpha value is -2.83. The first-order chi connectivity index (χ1) is 12.6. The molecule has 1 heterocycles. The summed E-state index contributed by atoms with van der Waals surface area (Å²) in [7, 11) is 1.68. The van der Waals surface area contributed by atoms with Gasteiger partial charge in [0.15, 0.2) is 17.5 Å². The van der Waals surface area contributed by atoms with Crippen LogP contribution in [0, 0.1) is 5.82 Å². The smallest absolute Gasteiger partial charge is 0.218 e. The summed E-state index contributed by atoms with van der Waals surface area (Å²) >= 11 is 0. The second-order valence-corrected chi connectivity index (χ2v) is 5.57. The minimum atomic E-state index is -0.373. The van der Waals surface area contributed by atoms with Crippen LogP contribution in [0.3, 0.4) is 0 Å². The van der Waals surface area contributed by atoms with Crippen LogP contribution < -0.4 is 20.1 Å². The molecular formula is C19H25FN4O2. The van der Waals surface area contributed by atoms with Gasteiger partial charge in [-0.15, -0.1) is 0 Å². The minimum Gasteiger partial charge on any atom is -0.486 e. The number of para-hydroxylation sites is 1. The van der Waals surface area contributed by atoms with Gasteiger partial charge < -0.3 is 20.1 Å². The predicted octanol–water partition coefficient (Wildman–Crippen LogP) is 2.75. The van der Waals surface area contributed by atoms with Crippen molar-refractivity contribution in [3.8, 4) is 11.6 Å². The highest BCUT2D eigenvalue weighted by atomic mass is 19.1. The topological polar surface area (TPSA) is 67.8 Å². The van der Waals surface area contributed by atoms with Gasteiger partial charge in [-0.25, -0.2) is 9.37 Å². The van der Waals surface area contributed by atoms with Crippen molar-refractivity contribution in [1.82, 2.24) is 15.6 Å². The lowest BCUT2D eigenvalue weighted by Gasteiger charge is -2.18. The van der Waals surface area contributed by atoms with E-state index in [0.29, 0.717) is 31.5 Å². The average molecular weight is 360 g/mol. The summed E-state index contributed by atoms with van der Waals surface area (Å²) < 4.78 is 24.7. The van der Waals surface area contributed by atoms with Crippen LogP contribution >= 0.6 is 0 Å². The first-order valence-corrected chi connectivity index (χ1v) is 8.56. The molecule has 6 nitrogen and oxygen atoms in total. The maximum absolute atomic E-state index is 13.6. The van der Waals surface area contributed by atoms with E-state index in [2.05, 4.69) is 20.6 Å². The number of hydrogen-bond donors (Lipinski definition) is 2. The van der Waals surface area contributed by atoms with Crippen molar-refractivity contribution in [3.05, 3.63) is 54.0 Å². The van der Waals surface area contributed by atoms with Crippen molar-refractivity contribution in [2.45, 2.75) is 26.5 Å². The molecule has 2 aromatic rings. The van der Waals surface area contributed by atoms with E-state index in [0.717, 1.165) is 5.56 Å². The van der Waals surface area contributed by atoms with E-state index < -0.39 is 0 Å². The van der Waals surface area contributed by atoms with E-state index in [1.54, 1.807) is 31.4 Å². The minimum absolute atomic E-state index is 0.233. The molecule has 1 unspecified atom stereocenters. The number of pyridine rings is 1. The van der Waals surface area contributed by atoms with Crippen molar-refractivity contribution in [1.29, 1.82) is 0 Å². The van der Waals surface area contributed by atoms with Crippen LogP contribution in [0.25, 0.3) is 0 Å². The van der Waals surface area contributed by atoms with Crippen molar-refractivity contribution in [2.75, 3.05) is 20.2 Å². The Bertz CT molecular complexity index is 724. The van der Waals surface area contributed by atoms with Gasteiger partial charge in [0.05, 0.1) is 13.2 Å². The van der Waals surface area contributed by atoms with Crippen molar-refractivity contribution in [3.63, 3.8) is 0 Å². The summed E-state index contributed by atoms with van der Waals surface area (Å²) in [4.78, 5) is 8.40. The van der Waals surface area contributed by atoms with Crippen molar-refractivity contribution in [2.24, 2.45) is 4.99 Å². The number of benzene rings is 1. The first-order valence-electron chi connectivity index (χ1n) is 8.56. The highest BCUT2D eigenvalue weighted by molar-refractivity contribution is 5.79. The van der Waals surface area contributed by atoms with Gasteiger partial charge in [0.1, 0.15) is 6.10 Å². The van der Waals surface area contributed by atoms with Crippen LogP contribution in [0.4, 0.5) is 4.39 Å². The second kappa shape index (κ2) is 10.2. The summed E-state index contributed by atoms with van der Waals surface area (Å²) in [5, 5.41) is 6.37. The molecule has 0 aliphatic heterocycles. The molecule has 0 aliphatic rings. The monoisotopic (exact) mass is 360 g/mol. The third-order valence-electron chi connectivity index (χ3n) is 3.52. The number of halogens is 1. The standard InChI is InChI=1S/C19H25FN4O2/c1-4-25-18-15(8-7-11-22-18)13-24-19(21-3)23-12-14(2)26-17-10-6-5-9-16(17)20/h5-11,14H,4,12-13H2,1-3H3,(H2,21,23,24). The van der Waals surface area contributed by atoms with Gasteiger partial charge in [0.25, 0.3) is 0 Å². The molecule has 0 aliphatic carbocycles. The normalized spacial score (nSPS) is 12.4. The maximum atomic E-state index is 13.6. The van der Waals surface area contributed by atoms with Gasteiger partial charge in [-0.05, 0) is 32.0 Å². The summed E-state index contributed by atoms with van der Waals surface area (Å²) in [6.07, 6.45) is 1.46. The molecule has 0 spiro atoms. The van der Waals surface area contributed by atoms with Crippen LogP contribution in [0.1, 0.15) is 19.4 Å². The van der Waals surface area contributed by atoms with Gasteiger partial charge in [0, 0.05) is 25.4 Å². The molecule has 0 saturated carbocycles. The van der Waals surface area contributed by atoms with Gasteiger partial charge in [-0.2, -0.15) is 0 Å². The Kier molecular flexibility index (Phi) is 7.67. The maximum Gasteiger partial charge on any atom is 0.218 e. The zero-order chi connectivity index (χ0) is 18.8. The van der Waals surface area contributed by atoms with E-state index in [4.69, 9.17) is 9.47 Å². The summed E-state index contributed by atoms with van der Waals surface area (Å²) in [6, 6.07) is 10.2. The van der Waals surface area contributed by atoms with E-state index >= 15 is 0 Å². The Labute approximate surface area is 153 Å². The molecule has 140 valence electrons. The van der Waals surface area contributed by atoms with Gasteiger partial charge >= 0.3 is 0 Å². The van der Waals surface area contributed by atoms with Crippen LogP contribution in [-0.4, -0.2) is 37.2 Å². The molecule has 26 heavy (non-hydrogen) atoms. The van der Waals surface area contributed by atoms with Gasteiger partial charge in [0.2, 0.25) is 5.88 Å². The number of rotatable bonds is 8. The fourth-order valence-corrected chi connectivity index (χ4v) is 2.26. The lowest BCUT2D eigenvalue weighted by atomic mass is 10.2. The van der Waals surface area contributed by atoms with E-state index in [-0.39, 0.29) is 17.7 Å². The predicted molar refractivity (Wildman–Crippen MR) is 100 cm³/mol. The molecule has 1 aromatic heterocycles. The van der Waals surface area contributed by atoms with Crippen LogP contribution in [0.5, 0.6) is 11.6 Å². The largest absolute Gasteiger partial charge is 0.486 e. The Balaban J connectivity index is 1.83. The molecule has 0 amide bonds. The van der Waals surface area contributed by atoms with E-state index in [1.165, 1.54) is 6.07 Å². The fraction of sp³-hybridized carbons (Fsp3) is 0.368. The molecule has 0 saturated heterocycles. The molecule has 2 N–H and O–H groups in total. The third kappa shape index (κ3) is 5.91. The number of nitrogens with zero attached hydrogens (tertiary/aromatic N) is 2. The molecule has 0 fully saturated rings. The second-order valence-electron chi connectivity index (χ2n) is 5.57. The number of nitrogens with one attached hydrogen (secondary N) is 2. The Morgan fingerprint density at radius 2 is 2.04 bits per heavy atom. The Morgan fingerprint density at radius 3 is 2.77 bits per heavy atom. The number of guanidine groups is 1. The Morgan fingerprint density at radius 1 is 1.23 bits per heavy atom. The third-order valence-corrected chi connectivity index (χ3v) is 3.52. The number of aromatic nitrogens is 1. The average Bonchev–Trinajstić information content (AvgIpc) is 2.65. The highest BCUT2D eigenvalue weighted by Crippen LogP contribution is 2.16. The fourth-order valence-electron chi connectivity index (χ4n) is 2.26. The number of aliphatic imine (C=N–C) groups is 1. The number of hydrogen-bond acceptors (Lipinski definition) is 4. The summed E-state index contributed by atoms with van der Waals surface area (Å²) in [6.45, 7) is 5.33. The molecular weight excluding hydrogens is 335 g/mol. The molecule has 1 atom stereocenters. The number of ether oxygens (including phenoxy) is 2. The zero-order valence-electron chi connectivity index (χ0n) is 15.3. The zero-order valence-corrected chi connectivity index (χ0v) is 15.3. The van der Waals surface area contributed by atoms with Gasteiger partial charge in [-0.3, -0.25) is 4.99 Å². The first kappa shape index (κ1) is 19.5. The molecule has 0 bridgehead atoms. The van der Waals surface area contributed by atoms with Crippen LogP contribution in [0.15, 0.2) is 47.6 Å². The van der Waals surface area contributed by atoms with Crippen molar-refractivity contribution >= 4 is 5.96 Å². The SMILES string of the molecule is CCOc1ncccc1CNC(=NC)NCC(C)Oc1ccccc1F. The lowest BCUT2D eigenvalue weighted by Crippen LogP contribution is -2.41. The summed E-state index contributed by atoms with van der Waals surface area (Å²) in [5.74, 6) is 1.08. The quantitative estimate of drug-likeness (QED) is 0.560. The molecule has 2 rings (SSSR count). The molecule has 1 aromatic carbocycles. The molecule has 0 radical (unpaired) electrons. The lowest BCUT2D eigenvalue weighted by molar-refractivity contribution is 0.214. The van der Waals surface area contributed by atoms with Crippen molar-refractivity contribution < 1.29 is 13.9 Å². The van der Waals surface area contributed by atoms with E-state index in [9.17, 15) is 4.39 Å². The van der Waals surface area contributed by atoms with Crippen LogP contribution in [-0.2, 0) is 6.54 Å². The van der Waals surface area contributed by atoms with E-state index in [1.807, 2.05) is 26.0 Å².